The number of pyridine rings is 3. The minimum absolute atomic E-state index is 0. The fourth-order valence-electron chi connectivity index (χ4n) is 4.45. The van der Waals surface area contributed by atoms with Gasteiger partial charge in [-0.3, -0.25) is 15.0 Å². The molecule has 3 aromatic heterocycles. The van der Waals surface area contributed by atoms with Crippen molar-refractivity contribution in [2.45, 2.75) is 39.3 Å². The molecule has 0 saturated carbocycles. The first-order valence-corrected chi connectivity index (χ1v) is 10.8. The first-order chi connectivity index (χ1) is 16.0. The first kappa shape index (κ1) is 22.5. The number of aromatic hydroxyl groups is 1. The molecule has 6 rings (SSSR count). The van der Waals surface area contributed by atoms with Crippen LogP contribution in [0.5, 0.6) is 17.4 Å². The van der Waals surface area contributed by atoms with E-state index in [9.17, 15) is 5.11 Å². The van der Waals surface area contributed by atoms with Crippen LogP contribution in [0, 0.1) is 26.8 Å². The monoisotopic (exact) mass is 632 g/mol. The zero-order valence-electron chi connectivity index (χ0n) is 18.8. The normalized spacial score (nSPS) is 18.0. The Morgan fingerprint density at radius 1 is 1.12 bits per heavy atom. The van der Waals surface area contributed by atoms with Gasteiger partial charge in [0.2, 0.25) is 5.88 Å². The van der Waals surface area contributed by atoms with Gasteiger partial charge in [-0.15, -0.1) is 11.6 Å². The van der Waals surface area contributed by atoms with Gasteiger partial charge in [0.05, 0.1) is 11.3 Å². The number of aliphatic imine (C=N–C) groups is 1. The van der Waals surface area contributed by atoms with Crippen molar-refractivity contribution in [3.8, 4) is 17.4 Å². The van der Waals surface area contributed by atoms with Crippen LogP contribution in [-0.2, 0) is 32.2 Å². The fourth-order valence-corrected chi connectivity index (χ4v) is 4.45. The van der Waals surface area contributed by atoms with E-state index in [-0.39, 0.29) is 39.0 Å². The van der Waals surface area contributed by atoms with Crippen LogP contribution >= 0.6 is 0 Å². The van der Waals surface area contributed by atoms with Crippen molar-refractivity contribution in [3.05, 3.63) is 82.3 Å². The second-order valence-electron chi connectivity index (χ2n) is 8.54. The summed E-state index contributed by atoms with van der Waals surface area (Å²) in [6.07, 6.45) is 4.48. The maximum atomic E-state index is 10.3. The smallest absolute Gasteiger partial charge is 0.217 e. The molecule has 174 valence electrons. The van der Waals surface area contributed by atoms with Gasteiger partial charge in [-0.05, 0) is 30.2 Å². The zero-order chi connectivity index (χ0) is 22.7. The average molecular weight is 633 g/mol. The van der Waals surface area contributed by atoms with Gasteiger partial charge >= 0.3 is 0 Å². The van der Waals surface area contributed by atoms with Crippen LogP contribution in [0.25, 0.3) is 11.0 Å². The maximum absolute atomic E-state index is 10.3. The Balaban J connectivity index is 0.00000241. The molecule has 8 heteroatoms. The molecular formula is C26H21N4O3Pt-. The van der Waals surface area contributed by atoms with Gasteiger partial charge in [0.25, 0.3) is 0 Å². The van der Waals surface area contributed by atoms with Crippen molar-refractivity contribution in [1.29, 1.82) is 0 Å². The van der Waals surface area contributed by atoms with Crippen LogP contribution in [-0.4, -0.2) is 32.1 Å². The van der Waals surface area contributed by atoms with Crippen LogP contribution in [0.2, 0.25) is 0 Å². The van der Waals surface area contributed by atoms with E-state index >= 15 is 0 Å². The van der Waals surface area contributed by atoms with Crippen molar-refractivity contribution < 1.29 is 35.6 Å². The van der Waals surface area contributed by atoms with E-state index in [1.807, 2.05) is 39.1 Å². The molecule has 2 aliphatic rings. The number of rotatable bonds is 3. The third kappa shape index (κ3) is 3.74. The molecule has 1 aliphatic carbocycles. The molecule has 2 atom stereocenters. The van der Waals surface area contributed by atoms with Crippen molar-refractivity contribution in [3.63, 3.8) is 0 Å². The fraction of sp³-hybridized carbons (Fsp3) is 0.231. The Morgan fingerprint density at radius 2 is 1.97 bits per heavy atom. The van der Waals surface area contributed by atoms with Crippen molar-refractivity contribution in [1.82, 2.24) is 15.0 Å². The third-order valence-corrected chi connectivity index (χ3v) is 6.26. The molecule has 7 nitrogen and oxygen atoms in total. The second kappa shape index (κ2) is 8.48. The molecule has 1 aliphatic heterocycles. The maximum Gasteiger partial charge on any atom is 0.217 e. The summed E-state index contributed by atoms with van der Waals surface area (Å²) in [6.45, 7) is 5.82. The summed E-state index contributed by atoms with van der Waals surface area (Å²) in [5.41, 5.74) is 6.83. The minimum atomic E-state index is -0.0153. The van der Waals surface area contributed by atoms with E-state index in [2.05, 4.69) is 21.0 Å². The van der Waals surface area contributed by atoms with Crippen LogP contribution in [0.15, 0.2) is 47.7 Å². The molecule has 4 heterocycles. The molecule has 4 aromatic rings. The number of nitrogens with zero attached hydrogens (tertiary/aromatic N) is 4. The standard InChI is InChI=1S/C26H21N4O3.Pt/c1-13-8-16(26-30-24-18-6-7-27-12-17(18)11-22(24)33-26)10-21(15(13)3)32-23-5-4-19-25(29-23)20(31)9-14(2)28-19;/h4-9,12,22,24H,11H2,1-3H3,(H,28,31);/q-1;/t22-,24+;/m1./s1. The Bertz CT molecular complexity index is 1470. The second-order valence-corrected chi connectivity index (χ2v) is 8.54. The molecule has 1 aromatic carbocycles. The molecular weight excluding hydrogens is 611 g/mol. The molecule has 1 N–H and O–H groups in total. The topological polar surface area (TPSA) is 89.7 Å². The number of hydrogen-bond acceptors (Lipinski definition) is 7. The summed E-state index contributed by atoms with van der Waals surface area (Å²) in [6, 6.07) is 12.5. The van der Waals surface area contributed by atoms with Gasteiger partial charge in [-0.1, -0.05) is 31.0 Å². The minimum Gasteiger partial charge on any atom is -0.514 e. The Kier molecular flexibility index (Phi) is 5.60. The Morgan fingerprint density at radius 3 is 2.82 bits per heavy atom. The largest absolute Gasteiger partial charge is 0.514 e. The van der Waals surface area contributed by atoms with E-state index in [1.54, 1.807) is 24.4 Å². The zero-order valence-corrected chi connectivity index (χ0v) is 21.0. The molecule has 0 unspecified atom stereocenters. The predicted octanol–water partition coefficient (Wildman–Crippen LogP) is 4.69. The first-order valence-electron chi connectivity index (χ1n) is 10.8. The van der Waals surface area contributed by atoms with Gasteiger partial charge in [0.15, 0.2) is 0 Å². The molecule has 0 spiro atoms. The van der Waals surface area contributed by atoms with E-state index in [4.69, 9.17) is 14.5 Å². The number of fused-ring (bicyclic) bond motifs is 4. The van der Waals surface area contributed by atoms with E-state index in [0.29, 0.717) is 28.6 Å². The van der Waals surface area contributed by atoms with Gasteiger partial charge < -0.3 is 14.6 Å². The third-order valence-electron chi connectivity index (χ3n) is 6.26. The summed E-state index contributed by atoms with van der Waals surface area (Å²) in [4.78, 5) is 17.9. The van der Waals surface area contributed by atoms with Crippen LogP contribution < -0.4 is 4.74 Å². The summed E-state index contributed by atoms with van der Waals surface area (Å²) in [5, 5.41) is 10.3. The molecule has 0 radical (unpaired) electrons. The Hall–Kier alpha value is -3.31. The van der Waals surface area contributed by atoms with Gasteiger partial charge in [0, 0.05) is 57.7 Å². The average Bonchev–Trinajstić information content (AvgIpc) is 3.35. The van der Waals surface area contributed by atoms with Gasteiger partial charge in [0.1, 0.15) is 29.3 Å². The number of benzene rings is 1. The summed E-state index contributed by atoms with van der Waals surface area (Å²) < 4.78 is 12.3. The molecule has 0 saturated heterocycles. The Labute approximate surface area is 211 Å². The van der Waals surface area contributed by atoms with Crippen LogP contribution in [0.3, 0.4) is 0 Å². The van der Waals surface area contributed by atoms with Crippen LogP contribution in [0.4, 0.5) is 0 Å². The van der Waals surface area contributed by atoms with Gasteiger partial charge in [-0.2, -0.15) is 0 Å². The summed E-state index contributed by atoms with van der Waals surface area (Å²) >= 11 is 0. The van der Waals surface area contributed by atoms with E-state index in [0.717, 1.165) is 28.8 Å². The van der Waals surface area contributed by atoms with Crippen LogP contribution in [0.1, 0.15) is 39.6 Å². The van der Waals surface area contributed by atoms with Crippen molar-refractivity contribution in [2.24, 2.45) is 4.99 Å². The van der Waals surface area contributed by atoms with Crippen molar-refractivity contribution >= 4 is 16.9 Å². The molecule has 0 amide bonds. The SMILES string of the molecule is Cc1cc(O)c2nc(Oc3[c-]c(C4=N[C@H]5c6ccncc6C[C@H]5O4)cc(C)c3C)ccc2n1.[Pt]. The molecule has 0 bridgehead atoms. The number of aromatic nitrogens is 3. The van der Waals surface area contributed by atoms with E-state index < -0.39 is 0 Å². The molecule has 0 fully saturated rings. The molecule has 34 heavy (non-hydrogen) atoms. The summed E-state index contributed by atoms with van der Waals surface area (Å²) in [5.74, 6) is 1.55. The number of ether oxygens (including phenoxy) is 2. The predicted molar refractivity (Wildman–Crippen MR) is 123 cm³/mol. The summed E-state index contributed by atoms with van der Waals surface area (Å²) in [7, 11) is 0. The number of hydrogen-bond donors (Lipinski definition) is 1. The van der Waals surface area contributed by atoms with E-state index in [1.165, 1.54) is 11.1 Å². The van der Waals surface area contributed by atoms with Gasteiger partial charge in [-0.25, -0.2) is 4.98 Å². The number of aryl methyl sites for hydroxylation is 2. The van der Waals surface area contributed by atoms with Crippen molar-refractivity contribution in [2.75, 3.05) is 0 Å². The quantitative estimate of drug-likeness (QED) is 0.330.